The van der Waals surface area contributed by atoms with E-state index in [1.54, 1.807) is 14.2 Å². The van der Waals surface area contributed by atoms with E-state index < -0.39 is 0 Å². The van der Waals surface area contributed by atoms with Crippen LogP contribution in [0.4, 0.5) is 0 Å². The van der Waals surface area contributed by atoms with Gasteiger partial charge >= 0.3 is 0 Å². The van der Waals surface area contributed by atoms with Crippen LogP contribution < -0.4 is 5.32 Å². The van der Waals surface area contributed by atoms with Crippen molar-refractivity contribution in [1.82, 2.24) is 10.2 Å². The zero-order valence-electron chi connectivity index (χ0n) is 14.8. The first-order valence-corrected chi connectivity index (χ1v) is 8.03. The van der Waals surface area contributed by atoms with Crippen LogP contribution in [0.1, 0.15) is 40.5 Å². The fourth-order valence-corrected chi connectivity index (χ4v) is 2.80. The second-order valence-corrected chi connectivity index (χ2v) is 6.23. The number of aliphatic hydroxyl groups excluding tert-OH is 1. The maximum atomic E-state index is 9.73. The molecular weight excluding hydrogens is 268 g/mol. The van der Waals surface area contributed by atoms with Crippen LogP contribution in [0.3, 0.4) is 0 Å². The van der Waals surface area contributed by atoms with Crippen molar-refractivity contribution in [1.29, 1.82) is 0 Å². The third-order valence-electron chi connectivity index (χ3n) is 3.99. The van der Waals surface area contributed by atoms with Gasteiger partial charge in [-0.25, -0.2) is 0 Å². The van der Waals surface area contributed by atoms with Crippen molar-refractivity contribution in [2.45, 2.75) is 58.2 Å². The standard InChI is InChI=1S/C16H36N2O3/c1-7-8-17-16(4,13-19)11-14(2)18(9-10-20-5)15(3)12-21-6/h14-15,17,19H,7-13H2,1-6H3. The summed E-state index contributed by atoms with van der Waals surface area (Å²) in [5.74, 6) is 0. The topological polar surface area (TPSA) is 54.0 Å². The lowest BCUT2D eigenvalue weighted by molar-refractivity contribution is 0.0345. The molecule has 0 aliphatic carbocycles. The molecule has 5 nitrogen and oxygen atoms in total. The quantitative estimate of drug-likeness (QED) is 0.540. The number of nitrogens with zero attached hydrogens (tertiary/aromatic N) is 1. The molecule has 0 bridgehead atoms. The van der Waals surface area contributed by atoms with Crippen molar-refractivity contribution in [3.05, 3.63) is 0 Å². The van der Waals surface area contributed by atoms with E-state index in [-0.39, 0.29) is 12.1 Å². The Hall–Kier alpha value is -0.200. The van der Waals surface area contributed by atoms with Crippen LogP contribution in [0.2, 0.25) is 0 Å². The molecule has 0 aliphatic heterocycles. The maximum Gasteiger partial charge on any atom is 0.0615 e. The predicted molar refractivity (Wildman–Crippen MR) is 87.8 cm³/mol. The Morgan fingerprint density at radius 2 is 1.86 bits per heavy atom. The molecule has 0 saturated heterocycles. The molecule has 3 atom stereocenters. The maximum absolute atomic E-state index is 9.73. The lowest BCUT2D eigenvalue weighted by Gasteiger charge is -2.39. The van der Waals surface area contributed by atoms with Gasteiger partial charge in [-0.15, -0.1) is 0 Å². The molecule has 0 amide bonds. The highest BCUT2D eigenvalue weighted by Crippen LogP contribution is 2.18. The van der Waals surface area contributed by atoms with Crippen LogP contribution in [0.25, 0.3) is 0 Å². The summed E-state index contributed by atoms with van der Waals surface area (Å²) in [6.07, 6.45) is 1.96. The number of rotatable bonds is 13. The van der Waals surface area contributed by atoms with Gasteiger partial charge in [-0.3, -0.25) is 4.90 Å². The molecule has 128 valence electrons. The Morgan fingerprint density at radius 3 is 2.33 bits per heavy atom. The van der Waals surface area contributed by atoms with Crippen molar-refractivity contribution in [2.24, 2.45) is 0 Å². The molecule has 5 heteroatoms. The molecule has 0 rings (SSSR count). The number of hydrogen-bond donors (Lipinski definition) is 2. The highest BCUT2D eigenvalue weighted by Gasteiger charge is 2.29. The van der Waals surface area contributed by atoms with Crippen LogP contribution >= 0.6 is 0 Å². The Balaban J connectivity index is 4.71. The molecule has 3 unspecified atom stereocenters. The van der Waals surface area contributed by atoms with Crippen molar-refractivity contribution >= 4 is 0 Å². The third kappa shape index (κ3) is 8.12. The third-order valence-corrected chi connectivity index (χ3v) is 3.99. The molecule has 0 aliphatic rings. The van der Waals surface area contributed by atoms with Crippen molar-refractivity contribution in [2.75, 3.05) is 47.1 Å². The first-order valence-electron chi connectivity index (χ1n) is 8.03. The predicted octanol–water partition coefficient (Wildman–Crippen LogP) is 1.50. The van der Waals surface area contributed by atoms with Crippen molar-refractivity contribution in [3.63, 3.8) is 0 Å². The minimum absolute atomic E-state index is 0.147. The van der Waals surface area contributed by atoms with Crippen LogP contribution in [-0.2, 0) is 9.47 Å². The van der Waals surface area contributed by atoms with Crippen LogP contribution in [-0.4, -0.2) is 74.8 Å². The van der Waals surface area contributed by atoms with E-state index >= 15 is 0 Å². The zero-order valence-corrected chi connectivity index (χ0v) is 14.8. The summed E-state index contributed by atoms with van der Waals surface area (Å²) in [4.78, 5) is 2.40. The first-order chi connectivity index (χ1) is 9.94. The average molecular weight is 304 g/mol. The summed E-state index contributed by atoms with van der Waals surface area (Å²) in [5.41, 5.74) is -0.243. The van der Waals surface area contributed by atoms with Gasteiger partial charge in [0, 0.05) is 38.4 Å². The molecule has 0 saturated carbocycles. The number of methoxy groups -OCH3 is 2. The Morgan fingerprint density at radius 1 is 1.19 bits per heavy atom. The van der Waals surface area contributed by atoms with Crippen LogP contribution in [0.15, 0.2) is 0 Å². The normalized spacial score (nSPS) is 17.7. The van der Waals surface area contributed by atoms with Crippen molar-refractivity contribution in [3.8, 4) is 0 Å². The van der Waals surface area contributed by atoms with Gasteiger partial charge in [-0.1, -0.05) is 6.92 Å². The molecule has 0 spiro atoms. The van der Waals surface area contributed by atoms with E-state index in [0.717, 1.165) is 25.9 Å². The Labute approximate surface area is 131 Å². The molecule has 0 aromatic carbocycles. The van der Waals surface area contributed by atoms with Crippen LogP contribution in [0.5, 0.6) is 0 Å². The van der Waals surface area contributed by atoms with Crippen LogP contribution in [0, 0.1) is 0 Å². The summed E-state index contributed by atoms with van der Waals surface area (Å²) in [5, 5.41) is 13.2. The molecular formula is C16H36N2O3. The lowest BCUT2D eigenvalue weighted by atomic mass is 9.93. The average Bonchev–Trinajstić information content (AvgIpc) is 2.46. The molecule has 0 fully saturated rings. The SMILES string of the molecule is CCCNC(C)(CO)CC(C)N(CCOC)C(C)COC. The van der Waals surface area contributed by atoms with E-state index in [4.69, 9.17) is 9.47 Å². The fraction of sp³-hybridized carbons (Fsp3) is 1.00. The van der Waals surface area contributed by atoms with E-state index in [1.807, 2.05) is 0 Å². The first kappa shape index (κ1) is 20.8. The van der Waals surface area contributed by atoms with Gasteiger partial charge < -0.3 is 19.9 Å². The minimum atomic E-state index is -0.243. The summed E-state index contributed by atoms with van der Waals surface area (Å²) >= 11 is 0. The Kier molecular flexibility index (Phi) is 11.3. The number of nitrogens with one attached hydrogen (secondary N) is 1. The molecule has 0 radical (unpaired) electrons. The highest BCUT2D eigenvalue weighted by atomic mass is 16.5. The summed E-state index contributed by atoms with van der Waals surface area (Å²) < 4.78 is 10.5. The molecule has 0 heterocycles. The molecule has 21 heavy (non-hydrogen) atoms. The number of ether oxygens (including phenoxy) is 2. The van der Waals surface area contributed by atoms with Gasteiger partial charge in [0.05, 0.1) is 19.8 Å². The summed E-state index contributed by atoms with van der Waals surface area (Å²) in [6.45, 7) is 12.0. The molecule has 2 N–H and O–H groups in total. The second-order valence-electron chi connectivity index (χ2n) is 6.23. The van der Waals surface area contributed by atoms with Gasteiger partial charge in [0.15, 0.2) is 0 Å². The van der Waals surface area contributed by atoms with Gasteiger partial charge in [-0.05, 0) is 40.2 Å². The minimum Gasteiger partial charge on any atom is -0.394 e. The van der Waals surface area contributed by atoms with E-state index in [9.17, 15) is 5.11 Å². The Bertz CT molecular complexity index is 254. The summed E-state index contributed by atoms with van der Waals surface area (Å²) in [7, 11) is 3.46. The fourth-order valence-electron chi connectivity index (χ4n) is 2.80. The number of hydrogen-bond acceptors (Lipinski definition) is 5. The monoisotopic (exact) mass is 304 g/mol. The van der Waals surface area contributed by atoms with E-state index in [2.05, 4.69) is 37.9 Å². The molecule has 0 aromatic rings. The van der Waals surface area contributed by atoms with Gasteiger partial charge in [0.1, 0.15) is 0 Å². The molecule has 0 aromatic heterocycles. The van der Waals surface area contributed by atoms with Gasteiger partial charge in [-0.2, -0.15) is 0 Å². The summed E-state index contributed by atoms with van der Waals surface area (Å²) in [6, 6.07) is 0.668. The van der Waals surface area contributed by atoms with Crippen molar-refractivity contribution < 1.29 is 14.6 Å². The number of aliphatic hydroxyl groups is 1. The van der Waals surface area contributed by atoms with Gasteiger partial charge in [0.2, 0.25) is 0 Å². The smallest absolute Gasteiger partial charge is 0.0615 e. The van der Waals surface area contributed by atoms with Gasteiger partial charge in [0.25, 0.3) is 0 Å². The zero-order chi connectivity index (χ0) is 16.3. The van der Waals surface area contributed by atoms with E-state index in [1.165, 1.54) is 0 Å². The lowest BCUT2D eigenvalue weighted by Crippen LogP contribution is -2.53. The van der Waals surface area contributed by atoms with E-state index in [0.29, 0.717) is 25.3 Å². The highest BCUT2D eigenvalue weighted by molar-refractivity contribution is 4.88. The largest absolute Gasteiger partial charge is 0.394 e. The second kappa shape index (κ2) is 11.4.